The third-order valence-electron chi connectivity index (χ3n) is 1.69. The van der Waals surface area contributed by atoms with Crippen LogP contribution < -0.4 is 0 Å². The first-order chi connectivity index (χ1) is 7.03. The van der Waals surface area contributed by atoms with E-state index in [2.05, 4.69) is 0 Å². The Morgan fingerprint density at radius 3 is 1.38 bits per heavy atom. The molecule has 0 aliphatic rings. The molecule has 0 aromatic heterocycles. The predicted molar refractivity (Wildman–Crippen MR) is 38.1 cm³/mol. The molecule has 0 unspecified atom stereocenters. The maximum Gasteiger partial charge on any atom is 0.420 e. The molecule has 90 valence electrons. The van der Waals surface area contributed by atoms with E-state index >= 15 is 0 Å². The van der Waals surface area contributed by atoms with Gasteiger partial charge in [0, 0.05) is 0 Å². The topological polar surface area (TPSA) is 20.2 Å². The molecule has 8 heteroatoms. The van der Waals surface area contributed by atoms with Crippen molar-refractivity contribution in [3.8, 4) is 5.75 Å². The number of benzene rings is 1. The van der Waals surface area contributed by atoms with E-state index in [1.54, 1.807) is 0 Å². The molecule has 0 aliphatic carbocycles. The van der Waals surface area contributed by atoms with Gasteiger partial charge in [0.05, 0.1) is 0 Å². The fourth-order valence-electron chi connectivity index (χ4n) is 1.03. The minimum atomic E-state index is -5.26. The second kappa shape index (κ2) is 3.53. The molecule has 1 N–H and O–H groups in total. The number of aromatic hydroxyl groups is 1. The van der Waals surface area contributed by atoms with E-state index < -0.39 is 35.0 Å². The molecule has 0 fully saturated rings. The van der Waals surface area contributed by atoms with Crippen LogP contribution in [0.4, 0.5) is 30.7 Å². The summed E-state index contributed by atoms with van der Waals surface area (Å²) in [4.78, 5) is 0. The van der Waals surface area contributed by atoms with Gasteiger partial charge in [-0.1, -0.05) is 0 Å². The van der Waals surface area contributed by atoms with Crippen LogP contribution in [0.5, 0.6) is 5.75 Å². The highest BCUT2D eigenvalue weighted by atomic mass is 19.4. The zero-order chi connectivity index (χ0) is 12.7. The standard InChI is InChI=1S/C8H3F7O/c9-3-1-4(7(10,11)12)6(16)5(2-3)8(13,14)15/h1-2,16H. The van der Waals surface area contributed by atoms with Crippen molar-refractivity contribution in [1.29, 1.82) is 0 Å². The average molecular weight is 248 g/mol. The number of hydrogen-bond donors (Lipinski definition) is 1. The van der Waals surface area contributed by atoms with Gasteiger partial charge in [-0.3, -0.25) is 0 Å². The summed E-state index contributed by atoms with van der Waals surface area (Å²) in [7, 11) is 0. The number of alkyl halides is 6. The van der Waals surface area contributed by atoms with Gasteiger partial charge in [-0.25, -0.2) is 4.39 Å². The summed E-state index contributed by atoms with van der Waals surface area (Å²) in [6.07, 6.45) is -10.5. The van der Waals surface area contributed by atoms with Crippen LogP contribution in [0.2, 0.25) is 0 Å². The molecular formula is C8H3F7O. The van der Waals surface area contributed by atoms with Crippen molar-refractivity contribution in [2.45, 2.75) is 12.4 Å². The van der Waals surface area contributed by atoms with Gasteiger partial charge >= 0.3 is 12.4 Å². The van der Waals surface area contributed by atoms with Gasteiger partial charge < -0.3 is 5.11 Å². The molecule has 1 aromatic rings. The third kappa shape index (κ3) is 2.37. The summed E-state index contributed by atoms with van der Waals surface area (Å²) in [5, 5.41) is 8.78. The van der Waals surface area contributed by atoms with Crippen LogP contribution in [-0.2, 0) is 12.4 Å². The summed E-state index contributed by atoms with van der Waals surface area (Å²) in [6.45, 7) is 0. The lowest BCUT2D eigenvalue weighted by Gasteiger charge is -2.14. The molecule has 16 heavy (non-hydrogen) atoms. The zero-order valence-corrected chi connectivity index (χ0v) is 7.25. The summed E-state index contributed by atoms with van der Waals surface area (Å²) < 4.78 is 85.2. The number of phenolic OH excluding ortho intramolecular Hbond substituents is 1. The molecule has 0 bridgehead atoms. The Morgan fingerprint density at radius 2 is 1.12 bits per heavy atom. The Bertz CT molecular complexity index is 369. The lowest BCUT2D eigenvalue weighted by molar-refractivity contribution is -0.145. The Kier molecular flexibility index (Phi) is 2.78. The van der Waals surface area contributed by atoms with Crippen molar-refractivity contribution in [3.05, 3.63) is 29.1 Å². The Hall–Kier alpha value is -1.47. The van der Waals surface area contributed by atoms with Crippen molar-refractivity contribution in [3.63, 3.8) is 0 Å². The monoisotopic (exact) mass is 248 g/mol. The van der Waals surface area contributed by atoms with Crippen LogP contribution in [0.3, 0.4) is 0 Å². The molecular weight excluding hydrogens is 245 g/mol. The maximum absolute atomic E-state index is 12.6. The summed E-state index contributed by atoms with van der Waals surface area (Å²) in [6, 6.07) is -0.408. The SMILES string of the molecule is Oc1c(C(F)(F)F)cc(F)cc1C(F)(F)F. The van der Waals surface area contributed by atoms with E-state index in [-0.39, 0.29) is 12.1 Å². The zero-order valence-electron chi connectivity index (χ0n) is 7.25. The first-order valence-electron chi connectivity index (χ1n) is 3.70. The van der Waals surface area contributed by atoms with Crippen molar-refractivity contribution in [2.75, 3.05) is 0 Å². The quantitative estimate of drug-likeness (QED) is 0.696. The molecule has 0 saturated carbocycles. The minimum absolute atomic E-state index is 0.204. The van der Waals surface area contributed by atoms with Gasteiger partial charge in [0.15, 0.2) is 0 Å². The molecule has 0 spiro atoms. The first kappa shape index (κ1) is 12.6. The number of phenols is 1. The molecule has 0 saturated heterocycles. The molecule has 0 radical (unpaired) electrons. The molecule has 0 aliphatic heterocycles. The smallest absolute Gasteiger partial charge is 0.420 e. The molecule has 0 heterocycles. The van der Waals surface area contributed by atoms with Gasteiger partial charge in [-0.15, -0.1) is 0 Å². The highest BCUT2D eigenvalue weighted by Crippen LogP contribution is 2.43. The average Bonchev–Trinajstić information content (AvgIpc) is 2.04. The molecule has 1 rings (SSSR count). The fourth-order valence-corrected chi connectivity index (χ4v) is 1.03. The van der Waals surface area contributed by atoms with E-state index in [0.717, 1.165) is 0 Å². The Morgan fingerprint density at radius 1 is 0.812 bits per heavy atom. The van der Waals surface area contributed by atoms with Gasteiger partial charge in [-0.2, -0.15) is 26.3 Å². The third-order valence-corrected chi connectivity index (χ3v) is 1.69. The lowest BCUT2D eigenvalue weighted by Crippen LogP contribution is -2.12. The van der Waals surface area contributed by atoms with Crippen LogP contribution >= 0.6 is 0 Å². The van der Waals surface area contributed by atoms with Gasteiger partial charge in [0.2, 0.25) is 0 Å². The highest BCUT2D eigenvalue weighted by molar-refractivity contribution is 5.44. The van der Waals surface area contributed by atoms with Crippen LogP contribution in [0.15, 0.2) is 12.1 Å². The Balaban J connectivity index is 3.51. The van der Waals surface area contributed by atoms with Crippen LogP contribution in [0, 0.1) is 5.82 Å². The first-order valence-corrected chi connectivity index (χ1v) is 3.70. The van der Waals surface area contributed by atoms with E-state index in [4.69, 9.17) is 5.11 Å². The van der Waals surface area contributed by atoms with E-state index in [1.807, 2.05) is 0 Å². The van der Waals surface area contributed by atoms with Gasteiger partial charge in [-0.05, 0) is 12.1 Å². The molecule has 1 aromatic carbocycles. The lowest BCUT2D eigenvalue weighted by atomic mass is 10.1. The molecule has 1 nitrogen and oxygen atoms in total. The second-order valence-corrected chi connectivity index (χ2v) is 2.85. The van der Waals surface area contributed by atoms with Crippen LogP contribution in [-0.4, -0.2) is 5.11 Å². The summed E-state index contributed by atoms with van der Waals surface area (Å²) in [5.41, 5.74) is -4.11. The highest BCUT2D eigenvalue weighted by Gasteiger charge is 2.41. The fraction of sp³-hybridized carbons (Fsp3) is 0.250. The van der Waals surface area contributed by atoms with E-state index in [0.29, 0.717) is 0 Å². The van der Waals surface area contributed by atoms with Crippen LogP contribution in [0.1, 0.15) is 11.1 Å². The number of hydrogen-bond acceptors (Lipinski definition) is 1. The summed E-state index contributed by atoms with van der Waals surface area (Å²) in [5.74, 6) is -3.75. The predicted octanol–water partition coefficient (Wildman–Crippen LogP) is 3.57. The van der Waals surface area contributed by atoms with E-state index in [1.165, 1.54) is 0 Å². The maximum atomic E-state index is 12.6. The van der Waals surface area contributed by atoms with E-state index in [9.17, 15) is 30.7 Å². The normalized spacial score (nSPS) is 12.9. The number of rotatable bonds is 0. The minimum Gasteiger partial charge on any atom is -0.507 e. The molecule has 0 amide bonds. The van der Waals surface area contributed by atoms with Gasteiger partial charge in [0.25, 0.3) is 0 Å². The molecule has 0 atom stereocenters. The Labute approximate surface area is 84.1 Å². The summed E-state index contributed by atoms with van der Waals surface area (Å²) >= 11 is 0. The van der Waals surface area contributed by atoms with Crippen molar-refractivity contribution >= 4 is 0 Å². The van der Waals surface area contributed by atoms with Crippen molar-refractivity contribution in [1.82, 2.24) is 0 Å². The van der Waals surface area contributed by atoms with Crippen molar-refractivity contribution in [2.24, 2.45) is 0 Å². The van der Waals surface area contributed by atoms with Crippen molar-refractivity contribution < 1.29 is 35.8 Å². The van der Waals surface area contributed by atoms with Gasteiger partial charge in [0.1, 0.15) is 22.7 Å². The second-order valence-electron chi connectivity index (χ2n) is 2.85. The van der Waals surface area contributed by atoms with Crippen LogP contribution in [0.25, 0.3) is 0 Å². The number of halogens is 7. The largest absolute Gasteiger partial charge is 0.507 e.